The van der Waals surface area contributed by atoms with Crippen molar-refractivity contribution in [1.82, 2.24) is 4.98 Å². The number of aliphatic carboxylic acids is 1. The molecule has 0 aliphatic heterocycles. The maximum atomic E-state index is 12.9. The molecular formula is C28H30Cl2N2O5S. The first-order valence-electron chi connectivity index (χ1n) is 11.8. The first kappa shape index (κ1) is 29.5. The number of nitrogens with one attached hydrogen (secondary N) is 1. The third kappa shape index (κ3) is 7.49. The molecule has 1 amide bonds. The summed E-state index contributed by atoms with van der Waals surface area (Å²) in [5.41, 5.74) is 2.08. The Bertz CT molecular complexity index is 1350. The van der Waals surface area contributed by atoms with E-state index in [-0.39, 0.29) is 32.7 Å². The van der Waals surface area contributed by atoms with Crippen molar-refractivity contribution >= 4 is 57.6 Å². The van der Waals surface area contributed by atoms with Gasteiger partial charge in [0.2, 0.25) is 0 Å². The largest absolute Gasteiger partial charge is 0.492 e. The Hall–Kier alpha value is -3.07. The fourth-order valence-electron chi connectivity index (χ4n) is 3.90. The molecule has 3 rings (SSSR count). The highest BCUT2D eigenvalue weighted by Crippen LogP contribution is 2.40. The van der Waals surface area contributed by atoms with Gasteiger partial charge in [-0.25, -0.2) is 9.78 Å². The van der Waals surface area contributed by atoms with Crippen molar-refractivity contribution in [2.75, 3.05) is 12.4 Å². The molecule has 1 aromatic heterocycles. The van der Waals surface area contributed by atoms with E-state index in [0.29, 0.717) is 27.9 Å². The smallest absolute Gasteiger partial charge is 0.331 e. The van der Waals surface area contributed by atoms with Crippen LogP contribution in [0, 0.1) is 5.41 Å². The summed E-state index contributed by atoms with van der Waals surface area (Å²) in [7, 11) is 1.58. The van der Waals surface area contributed by atoms with E-state index in [9.17, 15) is 9.59 Å². The van der Waals surface area contributed by atoms with Crippen LogP contribution in [0.2, 0.25) is 10.0 Å². The number of nitrogens with zero attached hydrogens (tertiary/aromatic N) is 1. The number of carboxylic acids is 1. The average Bonchev–Trinajstić information content (AvgIpc) is 3.27. The zero-order chi connectivity index (χ0) is 28.2. The Balaban J connectivity index is 1.82. The molecule has 0 saturated carbocycles. The van der Waals surface area contributed by atoms with Gasteiger partial charge in [-0.15, -0.1) is 11.3 Å². The number of carboxylic acid groups (broad SMARTS) is 1. The predicted molar refractivity (Wildman–Crippen MR) is 154 cm³/mol. The predicted octanol–water partition coefficient (Wildman–Crippen LogP) is 8.07. The van der Waals surface area contributed by atoms with E-state index >= 15 is 0 Å². The number of hydrogen-bond donors (Lipinski definition) is 2. The number of rotatable bonds is 9. The molecule has 2 N–H and O–H groups in total. The van der Waals surface area contributed by atoms with Gasteiger partial charge in [-0.1, -0.05) is 50.0 Å². The summed E-state index contributed by atoms with van der Waals surface area (Å²) in [6.45, 7) is 9.96. The van der Waals surface area contributed by atoms with Gasteiger partial charge in [0.15, 0.2) is 16.6 Å². The standard InChI is InChI=1S/C28H30Cl2N2O5S/c1-15(26(34)35)10-19-20(29)11-17(12-21(19)30)25(33)32-27-31-22(14-38-27)18-8-7-9-23(24(18)36-6)37-16(2)13-28(3,4)5/h7-12,14,16H,13H2,1-6H3,(H,34,35)(H,31,32,33)/b15-10+. The van der Waals surface area contributed by atoms with Crippen LogP contribution in [0.3, 0.4) is 0 Å². The number of ether oxygens (including phenoxy) is 2. The molecule has 10 heteroatoms. The van der Waals surface area contributed by atoms with E-state index in [1.165, 1.54) is 36.5 Å². The molecule has 1 atom stereocenters. The monoisotopic (exact) mass is 576 g/mol. The van der Waals surface area contributed by atoms with Crippen LogP contribution < -0.4 is 14.8 Å². The van der Waals surface area contributed by atoms with Crippen molar-refractivity contribution < 1.29 is 24.2 Å². The summed E-state index contributed by atoms with van der Waals surface area (Å²) in [6.07, 6.45) is 2.22. The molecule has 0 saturated heterocycles. The first-order chi connectivity index (χ1) is 17.8. The lowest BCUT2D eigenvalue weighted by Gasteiger charge is -2.25. The van der Waals surface area contributed by atoms with Gasteiger partial charge in [0.05, 0.1) is 29.0 Å². The number of carbonyl (C=O) groups is 2. The zero-order valence-electron chi connectivity index (χ0n) is 22.0. The number of benzene rings is 2. The number of halogens is 2. The Morgan fingerprint density at radius 3 is 2.45 bits per heavy atom. The summed E-state index contributed by atoms with van der Waals surface area (Å²) in [6, 6.07) is 8.48. The Labute approximate surface area is 236 Å². The average molecular weight is 578 g/mol. The van der Waals surface area contributed by atoms with Gasteiger partial charge >= 0.3 is 5.97 Å². The van der Waals surface area contributed by atoms with Gasteiger partial charge in [-0.05, 0) is 56.0 Å². The summed E-state index contributed by atoms with van der Waals surface area (Å²) >= 11 is 13.8. The lowest BCUT2D eigenvalue weighted by Crippen LogP contribution is -2.20. The quantitative estimate of drug-likeness (QED) is 0.250. The number of amides is 1. The lowest BCUT2D eigenvalue weighted by atomic mass is 9.90. The van der Waals surface area contributed by atoms with E-state index in [1.807, 2.05) is 30.5 Å². The van der Waals surface area contributed by atoms with Gasteiger partial charge in [0, 0.05) is 27.6 Å². The normalized spacial score (nSPS) is 12.7. The number of aromatic nitrogens is 1. The van der Waals surface area contributed by atoms with Gasteiger partial charge in [0.1, 0.15) is 0 Å². The van der Waals surface area contributed by atoms with E-state index in [1.54, 1.807) is 7.11 Å². The fraction of sp³-hybridized carbons (Fsp3) is 0.321. The van der Waals surface area contributed by atoms with Crippen LogP contribution in [-0.4, -0.2) is 35.2 Å². The van der Waals surface area contributed by atoms with Crippen LogP contribution in [0.25, 0.3) is 17.3 Å². The van der Waals surface area contributed by atoms with E-state index in [4.69, 9.17) is 37.8 Å². The van der Waals surface area contributed by atoms with Crippen molar-refractivity contribution in [3.8, 4) is 22.8 Å². The molecule has 0 spiro atoms. The third-order valence-electron chi connectivity index (χ3n) is 5.45. The maximum absolute atomic E-state index is 12.9. The molecule has 3 aromatic rings. The van der Waals surface area contributed by atoms with Crippen LogP contribution in [0.4, 0.5) is 5.13 Å². The van der Waals surface area contributed by atoms with Crippen LogP contribution in [0.15, 0.2) is 41.3 Å². The molecule has 0 aliphatic rings. The molecule has 38 heavy (non-hydrogen) atoms. The number of carbonyl (C=O) groups excluding carboxylic acids is 1. The van der Waals surface area contributed by atoms with Crippen molar-refractivity contribution in [1.29, 1.82) is 0 Å². The van der Waals surface area contributed by atoms with E-state index in [2.05, 4.69) is 31.1 Å². The Kier molecular flexibility index (Phi) is 9.46. The minimum Gasteiger partial charge on any atom is -0.492 e. The summed E-state index contributed by atoms with van der Waals surface area (Å²) < 4.78 is 11.9. The van der Waals surface area contributed by atoms with Crippen LogP contribution in [0.5, 0.6) is 11.5 Å². The SMILES string of the molecule is COc1c(OC(C)CC(C)(C)C)cccc1-c1csc(NC(=O)c2cc(Cl)c(/C=C(\C)C(=O)O)c(Cl)c2)n1. The second-order valence-electron chi connectivity index (χ2n) is 10.0. The van der Waals surface area contributed by atoms with Gasteiger partial charge < -0.3 is 14.6 Å². The van der Waals surface area contributed by atoms with Gasteiger partial charge in [-0.3, -0.25) is 10.1 Å². The minimum atomic E-state index is -1.09. The van der Waals surface area contributed by atoms with E-state index in [0.717, 1.165) is 12.0 Å². The van der Waals surface area contributed by atoms with Gasteiger partial charge in [0.25, 0.3) is 5.91 Å². The van der Waals surface area contributed by atoms with Crippen LogP contribution in [-0.2, 0) is 4.79 Å². The topological polar surface area (TPSA) is 97.8 Å². The maximum Gasteiger partial charge on any atom is 0.331 e. The lowest BCUT2D eigenvalue weighted by molar-refractivity contribution is -0.132. The van der Waals surface area contributed by atoms with Crippen LogP contribution >= 0.6 is 34.5 Å². The second kappa shape index (κ2) is 12.2. The summed E-state index contributed by atoms with van der Waals surface area (Å²) in [5, 5.41) is 14.4. The molecule has 1 heterocycles. The molecule has 0 bridgehead atoms. The molecule has 0 aliphatic carbocycles. The molecule has 0 fully saturated rings. The molecular weight excluding hydrogens is 547 g/mol. The van der Waals surface area contributed by atoms with Crippen molar-refractivity contribution in [2.24, 2.45) is 5.41 Å². The molecule has 0 radical (unpaired) electrons. The number of para-hydroxylation sites is 1. The highest BCUT2D eigenvalue weighted by atomic mass is 35.5. The number of anilines is 1. The second-order valence-corrected chi connectivity index (χ2v) is 11.7. The third-order valence-corrected chi connectivity index (χ3v) is 6.83. The first-order valence-corrected chi connectivity index (χ1v) is 13.4. The van der Waals surface area contributed by atoms with Crippen molar-refractivity contribution in [2.45, 2.75) is 47.1 Å². The number of thiazole rings is 1. The highest BCUT2D eigenvalue weighted by Gasteiger charge is 2.21. The van der Waals surface area contributed by atoms with Crippen LogP contribution in [0.1, 0.15) is 57.0 Å². The molecule has 2 aromatic carbocycles. The summed E-state index contributed by atoms with van der Waals surface area (Å²) in [5.74, 6) is -0.362. The Morgan fingerprint density at radius 2 is 1.87 bits per heavy atom. The highest BCUT2D eigenvalue weighted by molar-refractivity contribution is 7.14. The van der Waals surface area contributed by atoms with E-state index < -0.39 is 11.9 Å². The van der Waals surface area contributed by atoms with Gasteiger partial charge in [-0.2, -0.15) is 0 Å². The summed E-state index contributed by atoms with van der Waals surface area (Å²) in [4.78, 5) is 28.6. The molecule has 7 nitrogen and oxygen atoms in total. The number of hydrogen-bond acceptors (Lipinski definition) is 6. The fourth-order valence-corrected chi connectivity index (χ4v) is 5.20. The zero-order valence-corrected chi connectivity index (χ0v) is 24.3. The Morgan fingerprint density at radius 1 is 1.21 bits per heavy atom. The molecule has 202 valence electrons. The minimum absolute atomic E-state index is 0.0157. The number of methoxy groups -OCH3 is 1. The van der Waals surface area contributed by atoms with Crippen molar-refractivity contribution in [3.63, 3.8) is 0 Å². The molecule has 1 unspecified atom stereocenters. The van der Waals surface area contributed by atoms with Crippen molar-refractivity contribution in [3.05, 3.63) is 62.5 Å².